The SMILES string of the molecule is C=CC(=O)Oc1ccc(N(c2ccc(OC(=O)C=C)cc2)c2cc(C)cc(C)c2)cc1. The Morgan fingerprint density at radius 2 is 1.06 bits per heavy atom. The van der Waals surface area contributed by atoms with Crippen LogP contribution < -0.4 is 14.4 Å². The van der Waals surface area contributed by atoms with Crippen molar-refractivity contribution in [2.45, 2.75) is 13.8 Å². The minimum absolute atomic E-state index is 0.431. The lowest BCUT2D eigenvalue weighted by atomic mass is 10.1. The summed E-state index contributed by atoms with van der Waals surface area (Å²) in [6, 6.07) is 20.7. The van der Waals surface area contributed by atoms with Crippen molar-refractivity contribution in [3.63, 3.8) is 0 Å². The number of hydrogen-bond donors (Lipinski definition) is 0. The standard InChI is InChI=1S/C26H23NO4/c1-5-25(28)30-23-11-7-20(8-12-23)27(22-16-18(3)15-19(4)17-22)21-9-13-24(14-10-21)31-26(29)6-2/h5-17H,1-2H2,3-4H3. The number of rotatable bonds is 7. The third kappa shape index (κ3) is 5.48. The maximum atomic E-state index is 11.5. The second-order valence-electron chi connectivity index (χ2n) is 6.92. The van der Waals surface area contributed by atoms with Crippen molar-refractivity contribution in [3.8, 4) is 11.5 Å². The fourth-order valence-electron chi connectivity index (χ4n) is 3.17. The molecule has 31 heavy (non-hydrogen) atoms. The highest BCUT2D eigenvalue weighted by Gasteiger charge is 2.14. The zero-order valence-electron chi connectivity index (χ0n) is 17.5. The molecule has 3 aromatic carbocycles. The van der Waals surface area contributed by atoms with Gasteiger partial charge in [0.15, 0.2) is 0 Å². The largest absolute Gasteiger partial charge is 0.423 e. The van der Waals surface area contributed by atoms with Crippen LogP contribution in [0.15, 0.2) is 92.0 Å². The first kappa shape index (κ1) is 21.6. The normalized spacial score (nSPS) is 10.1. The van der Waals surface area contributed by atoms with Crippen molar-refractivity contribution in [2.24, 2.45) is 0 Å². The first-order valence-corrected chi connectivity index (χ1v) is 9.66. The van der Waals surface area contributed by atoms with Crippen LogP contribution in [0.25, 0.3) is 0 Å². The highest BCUT2D eigenvalue weighted by atomic mass is 16.5. The molecular formula is C26H23NO4. The topological polar surface area (TPSA) is 55.8 Å². The van der Waals surface area contributed by atoms with E-state index in [1.54, 1.807) is 24.3 Å². The average Bonchev–Trinajstić information content (AvgIpc) is 2.75. The Kier molecular flexibility index (Phi) is 6.67. The Bertz CT molecular complexity index is 1030. The number of benzene rings is 3. The molecule has 0 N–H and O–H groups in total. The van der Waals surface area contributed by atoms with Crippen LogP contribution in [-0.2, 0) is 9.59 Å². The van der Waals surface area contributed by atoms with Gasteiger partial charge in [0, 0.05) is 29.2 Å². The van der Waals surface area contributed by atoms with Gasteiger partial charge in [0.05, 0.1) is 0 Å². The predicted octanol–water partition coefficient (Wildman–Crippen LogP) is 5.96. The molecule has 0 aliphatic heterocycles. The van der Waals surface area contributed by atoms with E-state index in [4.69, 9.17) is 9.47 Å². The Morgan fingerprint density at radius 1 is 0.677 bits per heavy atom. The molecule has 0 atom stereocenters. The molecule has 3 rings (SSSR count). The van der Waals surface area contributed by atoms with Gasteiger partial charge in [0.1, 0.15) is 11.5 Å². The van der Waals surface area contributed by atoms with Crippen molar-refractivity contribution < 1.29 is 19.1 Å². The third-order valence-electron chi connectivity index (χ3n) is 4.42. The predicted molar refractivity (Wildman–Crippen MR) is 122 cm³/mol. The summed E-state index contributed by atoms with van der Waals surface area (Å²) in [5.41, 5.74) is 4.99. The first-order chi connectivity index (χ1) is 14.9. The number of carbonyl (C=O) groups is 2. The third-order valence-corrected chi connectivity index (χ3v) is 4.42. The number of nitrogens with zero attached hydrogens (tertiary/aromatic N) is 1. The van der Waals surface area contributed by atoms with Crippen LogP contribution in [0, 0.1) is 13.8 Å². The fourth-order valence-corrected chi connectivity index (χ4v) is 3.17. The quantitative estimate of drug-likeness (QED) is 0.272. The molecule has 156 valence electrons. The first-order valence-electron chi connectivity index (χ1n) is 9.66. The summed E-state index contributed by atoms with van der Waals surface area (Å²) < 4.78 is 10.4. The van der Waals surface area contributed by atoms with Crippen LogP contribution in [0.1, 0.15) is 11.1 Å². The van der Waals surface area contributed by atoms with E-state index >= 15 is 0 Å². The van der Waals surface area contributed by atoms with Crippen molar-refractivity contribution in [1.29, 1.82) is 0 Å². The molecule has 0 radical (unpaired) electrons. The lowest BCUT2D eigenvalue weighted by Gasteiger charge is -2.26. The summed E-state index contributed by atoms with van der Waals surface area (Å²) >= 11 is 0. The van der Waals surface area contributed by atoms with Crippen molar-refractivity contribution in [2.75, 3.05) is 4.90 Å². The van der Waals surface area contributed by atoms with E-state index in [0.717, 1.165) is 40.3 Å². The van der Waals surface area contributed by atoms with Crippen molar-refractivity contribution in [3.05, 3.63) is 103 Å². The summed E-state index contributed by atoms with van der Waals surface area (Å²) in [5, 5.41) is 0. The van der Waals surface area contributed by atoms with Gasteiger partial charge in [-0.15, -0.1) is 0 Å². The summed E-state index contributed by atoms with van der Waals surface area (Å²) in [7, 11) is 0. The molecule has 0 spiro atoms. The van der Waals surface area contributed by atoms with E-state index in [-0.39, 0.29) is 0 Å². The summed E-state index contributed by atoms with van der Waals surface area (Å²) in [5.74, 6) is -0.159. The van der Waals surface area contributed by atoms with Gasteiger partial charge >= 0.3 is 11.9 Å². The molecule has 0 bridgehead atoms. The minimum atomic E-state index is -0.511. The number of esters is 2. The van der Waals surface area contributed by atoms with Gasteiger partial charge in [-0.2, -0.15) is 0 Å². The molecule has 5 nitrogen and oxygen atoms in total. The second kappa shape index (κ2) is 9.59. The summed E-state index contributed by atoms with van der Waals surface area (Å²) in [6.45, 7) is 10.9. The van der Waals surface area contributed by atoms with Crippen LogP contribution in [0.4, 0.5) is 17.1 Å². The summed E-state index contributed by atoms with van der Waals surface area (Å²) in [6.07, 6.45) is 2.24. The van der Waals surface area contributed by atoms with Crippen molar-refractivity contribution >= 4 is 29.0 Å². The highest BCUT2D eigenvalue weighted by Crippen LogP contribution is 2.37. The molecule has 3 aromatic rings. The molecular weight excluding hydrogens is 390 g/mol. The van der Waals surface area contributed by atoms with Gasteiger partial charge in [-0.1, -0.05) is 19.2 Å². The zero-order valence-corrected chi connectivity index (χ0v) is 17.5. The van der Waals surface area contributed by atoms with Crippen LogP contribution in [0.3, 0.4) is 0 Å². The van der Waals surface area contributed by atoms with E-state index < -0.39 is 11.9 Å². The Morgan fingerprint density at radius 3 is 1.42 bits per heavy atom. The van der Waals surface area contributed by atoms with Gasteiger partial charge in [0.2, 0.25) is 0 Å². The molecule has 0 aliphatic rings. The molecule has 0 amide bonds. The van der Waals surface area contributed by atoms with Crippen LogP contribution >= 0.6 is 0 Å². The number of aryl methyl sites for hydroxylation is 2. The average molecular weight is 413 g/mol. The molecule has 0 saturated heterocycles. The van der Waals surface area contributed by atoms with Gasteiger partial charge in [-0.3, -0.25) is 0 Å². The number of hydrogen-bond acceptors (Lipinski definition) is 5. The van der Waals surface area contributed by atoms with Crippen LogP contribution in [0.5, 0.6) is 11.5 Å². The van der Waals surface area contributed by atoms with Gasteiger partial charge in [0.25, 0.3) is 0 Å². The van der Waals surface area contributed by atoms with E-state index in [9.17, 15) is 9.59 Å². The number of carbonyl (C=O) groups excluding carboxylic acids is 2. The molecule has 0 aliphatic carbocycles. The lowest BCUT2D eigenvalue weighted by molar-refractivity contribution is -0.129. The molecule has 0 unspecified atom stereocenters. The molecule has 5 heteroatoms. The van der Waals surface area contributed by atoms with Gasteiger partial charge < -0.3 is 14.4 Å². The Labute approximate surface area is 181 Å². The van der Waals surface area contributed by atoms with Crippen LogP contribution in [-0.4, -0.2) is 11.9 Å². The number of anilines is 3. The fraction of sp³-hybridized carbons (Fsp3) is 0.0769. The smallest absolute Gasteiger partial charge is 0.335 e. The van der Waals surface area contributed by atoms with Crippen LogP contribution in [0.2, 0.25) is 0 Å². The van der Waals surface area contributed by atoms with E-state index in [2.05, 4.69) is 36.3 Å². The minimum Gasteiger partial charge on any atom is -0.423 e. The van der Waals surface area contributed by atoms with Crippen molar-refractivity contribution in [1.82, 2.24) is 0 Å². The van der Waals surface area contributed by atoms with E-state index in [1.807, 2.05) is 38.1 Å². The maximum absolute atomic E-state index is 11.5. The van der Waals surface area contributed by atoms with Gasteiger partial charge in [-0.05, 0) is 85.6 Å². The Balaban J connectivity index is 2.01. The second-order valence-corrected chi connectivity index (χ2v) is 6.92. The molecule has 0 fully saturated rings. The molecule has 0 saturated carbocycles. The monoisotopic (exact) mass is 413 g/mol. The maximum Gasteiger partial charge on any atom is 0.335 e. The summed E-state index contributed by atoms with van der Waals surface area (Å²) in [4.78, 5) is 25.0. The molecule has 0 aromatic heterocycles. The van der Waals surface area contributed by atoms with E-state index in [0.29, 0.717) is 11.5 Å². The molecule has 0 heterocycles. The Hall–Kier alpha value is -4.12. The van der Waals surface area contributed by atoms with Gasteiger partial charge in [-0.25, -0.2) is 9.59 Å². The zero-order chi connectivity index (χ0) is 22.4. The lowest BCUT2D eigenvalue weighted by Crippen LogP contribution is -2.11. The number of ether oxygens (including phenoxy) is 2. The van der Waals surface area contributed by atoms with E-state index in [1.165, 1.54) is 0 Å². The highest BCUT2D eigenvalue weighted by molar-refractivity contribution is 5.84.